The molecule has 1 saturated heterocycles. The second-order valence-electron chi connectivity index (χ2n) is 10.4. The molecule has 0 radical (unpaired) electrons. The van der Waals surface area contributed by atoms with Crippen molar-refractivity contribution >= 4 is 60.8 Å². The lowest BCUT2D eigenvalue weighted by molar-refractivity contribution is -0.124. The number of halogens is 2. The molecule has 1 amide bonds. The predicted molar refractivity (Wildman–Crippen MR) is 161 cm³/mol. The minimum Gasteiger partial charge on any atom is -0.487 e. The summed E-state index contributed by atoms with van der Waals surface area (Å²) in [5.74, 6) is 0.870. The normalized spacial score (nSPS) is 21.8. The molecule has 7 heteroatoms. The number of hydrogen-bond acceptors (Lipinski definition) is 4. The van der Waals surface area contributed by atoms with Gasteiger partial charge in [-0.25, -0.2) is 0 Å². The highest BCUT2D eigenvalue weighted by Gasteiger charge is 2.39. The van der Waals surface area contributed by atoms with Crippen LogP contribution in [0.5, 0.6) is 5.75 Å². The first-order valence-electron chi connectivity index (χ1n) is 13.5. The highest BCUT2D eigenvalue weighted by Crippen LogP contribution is 2.40. The van der Waals surface area contributed by atoms with Crippen molar-refractivity contribution in [3.05, 3.63) is 66.9 Å². The fourth-order valence-corrected chi connectivity index (χ4v) is 7.96. The van der Waals surface area contributed by atoms with E-state index in [1.54, 1.807) is 11.8 Å². The number of thioether (sulfide) groups is 1. The van der Waals surface area contributed by atoms with Crippen molar-refractivity contribution in [2.24, 2.45) is 4.99 Å². The largest absolute Gasteiger partial charge is 0.487 e. The maximum absolute atomic E-state index is 13.7. The molecule has 2 saturated carbocycles. The highest BCUT2D eigenvalue weighted by atomic mass is 79.9. The molecular weight excluding hydrogens is 612 g/mol. The minimum atomic E-state index is 0.110. The van der Waals surface area contributed by atoms with Gasteiger partial charge in [-0.05, 0) is 106 Å². The fraction of sp³-hybridized carbons (Fsp3) is 0.467. The molecule has 0 unspecified atom stereocenters. The zero-order chi connectivity index (χ0) is 25.8. The van der Waals surface area contributed by atoms with Crippen molar-refractivity contribution in [2.75, 3.05) is 0 Å². The van der Waals surface area contributed by atoms with Crippen molar-refractivity contribution < 1.29 is 9.53 Å². The van der Waals surface area contributed by atoms with Gasteiger partial charge in [0.2, 0.25) is 0 Å². The van der Waals surface area contributed by atoms with Crippen LogP contribution in [-0.4, -0.2) is 28.1 Å². The average molecular weight is 646 g/mol. The van der Waals surface area contributed by atoms with Gasteiger partial charge in [0.25, 0.3) is 5.91 Å². The van der Waals surface area contributed by atoms with E-state index < -0.39 is 0 Å². The lowest BCUT2D eigenvalue weighted by atomic mass is 9.94. The van der Waals surface area contributed by atoms with E-state index in [9.17, 15) is 4.79 Å². The lowest BCUT2D eigenvalue weighted by Crippen LogP contribution is -2.41. The van der Waals surface area contributed by atoms with Crippen molar-refractivity contribution in [3.63, 3.8) is 0 Å². The van der Waals surface area contributed by atoms with Crippen LogP contribution in [0.3, 0.4) is 0 Å². The molecule has 0 bridgehead atoms. The smallest absolute Gasteiger partial charge is 0.266 e. The minimum absolute atomic E-state index is 0.110. The first-order chi connectivity index (χ1) is 18.0. The molecule has 2 aromatic rings. The van der Waals surface area contributed by atoms with Crippen LogP contribution in [-0.2, 0) is 11.4 Å². The molecule has 196 valence electrons. The summed E-state index contributed by atoms with van der Waals surface area (Å²) < 4.78 is 7.84. The lowest BCUT2D eigenvalue weighted by Gasteiger charge is -2.31. The molecule has 2 aromatic carbocycles. The summed E-state index contributed by atoms with van der Waals surface area (Å²) in [5.41, 5.74) is 3.31. The number of aryl methyl sites for hydroxylation is 1. The van der Waals surface area contributed by atoms with E-state index in [4.69, 9.17) is 9.73 Å². The first-order valence-corrected chi connectivity index (χ1v) is 15.9. The van der Waals surface area contributed by atoms with Crippen molar-refractivity contribution in [2.45, 2.75) is 89.8 Å². The topological polar surface area (TPSA) is 41.9 Å². The Morgan fingerprint density at radius 3 is 2.24 bits per heavy atom. The summed E-state index contributed by atoms with van der Waals surface area (Å²) in [5, 5.41) is 0.922. The first kappa shape index (κ1) is 27.0. The Morgan fingerprint density at radius 1 is 0.973 bits per heavy atom. The number of nitrogens with zero attached hydrogens (tertiary/aromatic N) is 2. The fourth-order valence-electron chi connectivity index (χ4n) is 5.40. The van der Waals surface area contributed by atoms with Crippen LogP contribution in [0.25, 0.3) is 6.08 Å². The average Bonchev–Trinajstić information content (AvgIpc) is 3.19. The van der Waals surface area contributed by atoms with Gasteiger partial charge in [-0.2, -0.15) is 0 Å². The van der Waals surface area contributed by atoms with Gasteiger partial charge in [0.15, 0.2) is 5.17 Å². The molecule has 0 N–H and O–H groups in total. The van der Waals surface area contributed by atoms with Crippen LogP contribution in [0.2, 0.25) is 0 Å². The standard InChI is InChI=1S/C30H34Br2N2O2S/c1-20-12-14-21(15-13-20)19-36-28-25(31)16-22(17-26(28)32)18-27-29(35)34(24-10-6-3-7-11-24)30(37-27)33-23-8-4-2-5-9-23/h12-18,23-24H,2-11,19H2,1H3. The number of carbonyl (C=O) groups excluding carboxylic acids is 1. The van der Waals surface area contributed by atoms with E-state index in [0.29, 0.717) is 12.6 Å². The van der Waals surface area contributed by atoms with Crippen molar-refractivity contribution in [3.8, 4) is 5.75 Å². The molecule has 5 rings (SSSR count). The molecule has 1 heterocycles. The van der Waals surface area contributed by atoms with Crippen LogP contribution in [0, 0.1) is 6.92 Å². The van der Waals surface area contributed by atoms with E-state index >= 15 is 0 Å². The second-order valence-corrected chi connectivity index (χ2v) is 13.1. The van der Waals surface area contributed by atoms with E-state index in [0.717, 1.165) is 61.6 Å². The highest BCUT2D eigenvalue weighted by molar-refractivity contribution is 9.11. The molecule has 0 aromatic heterocycles. The third kappa shape index (κ3) is 6.72. The summed E-state index contributed by atoms with van der Waals surface area (Å²) in [6.45, 7) is 2.57. The number of rotatable bonds is 6. The molecule has 3 fully saturated rings. The molecule has 0 spiro atoms. The van der Waals surface area contributed by atoms with Gasteiger partial charge in [-0.3, -0.25) is 14.7 Å². The Balaban J connectivity index is 1.37. The van der Waals surface area contributed by atoms with E-state index in [1.165, 1.54) is 44.1 Å². The van der Waals surface area contributed by atoms with E-state index in [1.807, 2.05) is 23.1 Å². The SMILES string of the molecule is Cc1ccc(COc2c(Br)cc(C=C3SC(=NC4CCCCC4)N(C4CCCCC4)C3=O)cc2Br)cc1. The predicted octanol–water partition coefficient (Wildman–Crippen LogP) is 9.04. The Labute approximate surface area is 241 Å². The Morgan fingerprint density at radius 2 is 1.59 bits per heavy atom. The van der Waals surface area contributed by atoms with Gasteiger partial charge in [0.05, 0.1) is 19.9 Å². The summed E-state index contributed by atoms with van der Waals surface area (Å²) >= 11 is 8.94. The summed E-state index contributed by atoms with van der Waals surface area (Å²) in [4.78, 5) is 21.6. The van der Waals surface area contributed by atoms with Crippen LogP contribution >= 0.6 is 43.6 Å². The van der Waals surface area contributed by atoms with Gasteiger partial charge < -0.3 is 4.74 Å². The van der Waals surface area contributed by atoms with Gasteiger partial charge in [0.1, 0.15) is 12.4 Å². The number of carbonyl (C=O) groups is 1. The summed E-state index contributed by atoms with van der Waals surface area (Å²) in [7, 11) is 0. The van der Waals surface area contributed by atoms with Crippen LogP contribution in [0.4, 0.5) is 0 Å². The van der Waals surface area contributed by atoms with Gasteiger partial charge in [0, 0.05) is 6.04 Å². The number of hydrogen-bond donors (Lipinski definition) is 0. The Bertz CT molecular complexity index is 1160. The number of amides is 1. The number of ether oxygens (including phenoxy) is 1. The number of amidine groups is 1. The quantitative estimate of drug-likeness (QED) is 0.294. The molecular formula is C30H34Br2N2O2S. The van der Waals surface area contributed by atoms with Gasteiger partial charge in [-0.15, -0.1) is 0 Å². The third-order valence-corrected chi connectivity index (χ3v) is 9.64. The van der Waals surface area contributed by atoms with Crippen LogP contribution in [0.15, 0.2) is 55.2 Å². The van der Waals surface area contributed by atoms with E-state index in [2.05, 4.69) is 63.0 Å². The molecule has 37 heavy (non-hydrogen) atoms. The summed E-state index contributed by atoms with van der Waals surface area (Å²) in [6.07, 6.45) is 13.9. The molecule has 3 aliphatic rings. The van der Waals surface area contributed by atoms with Gasteiger partial charge in [-0.1, -0.05) is 68.4 Å². The maximum Gasteiger partial charge on any atom is 0.266 e. The summed E-state index contributed by atoms with van der Waals surface area (Å²) in [6, 6.07) is 13.0. The molecule has 0 atom stereocenters. The van der Waals surface area contributed by atoms with Crippen LogP contribution < -0.4 is 4.74 Å². The number of benzene rings is 2. The Kier molecular flexibility index (Phi) is 9.14. The van der Waals surface area contributed by atoms with Crippen molar-refractivity contribution in [1.82, 2.24) is 4.90 Å². The Hall–Kier alpha value is -1.57. The molecule has 4 nitrogen and oxygen atoms in total. The maximum atomic E-state index is 13.7. The van der Waals surface area contributed by atoms with Crippen molar-refractivity contribution in [1.29, 1.82) is 0 Å². The molecule has 2 aliphatic carbocycles. The van der Waals surface area contributed by atoms with Gasteiger partial charge >= 0.3 is 0 Å². The zero-order valence-electron chi connectivity index (χ0n) is 21.3. The second kappa shape index (κ2) is 12.5. The molecule has 1 aliphatic heterocycles. The van der Waals surface area contributed by atoms with E-state index in [-0.39, 0.29) is 11.9 Å². The van der Waals surface area contributed by atoms with Crippen LogP contribution in [0.1, 0.15) is 80.9 Å². The third-order valence-electron chi connectivity index (χ3n) is 7.47. The number of aliphatic imine (C=N–C) groups is 1. The monoisotopic (exact) mass is 644 g/mol. The zero-order valence-corrected chi connectivity index (χ0v) is 25.3.